The molecule has 0 aromatic carbocycles. The van der Waals surface area contributed by atoms with Crippen LogP contribution in [0.3, 0.4) is 0 Å². The number of nitrogens with zero attached hydrogens (tertiary/aromatic N) is 1. The van der Waals surface area contributed by atoms with Gasteiger partial charge in [-0.3, -0.25) is 4.90 Å². The molecule has 0 aliphatic heterocycles. The standard InChI is InChI=1S/C7H12FNO/c1-3-4-9(2)6-7(10)5-8/h1,7,10H,4-6H2,2H3. The third kappa shape index (κ3) is 4.30. The first-order chi connectivity index (χ1) is 4.70. The zero-order valence-electron chi connectivity index (χ0n) is 6.05. The average Bonchev–Trinajstić information content (AvgIpc) is 1.88. The largest absolute Gasteiger partial charge is 0.389 e. The minimum Gasteiger partial charge on any atom is -0.389 e. The smallest absolute Gasteiger partial charge is 0.117 e. The maximum Gasteiger partial charge on any atom is 0.117 e. The van der Waals surface area contributed by atoms with Crippen molar-refractivity contribution >= 4 is 0 Å². The van der Waals surface area contributed by atoms with E-state index < -0.39 is 12.8 Å². The molecule has 0 saturated heterocycles. The molecule has 0 fully saturated rings. The molecule has 1 atom stereocenters. The first-order valence-corrected chi connectivity index (χ1v) is 3.06. The highest BCUT2D eigenvalue weighted by Crippen LogP contribution is 1.88. The summed E-state index contributed by atoms with van der Waals surface area (Å²) in [4.78, 5) is 1.68. The van der Waals surface area contributed by atoms with Crippen LogP contribution in [0.2, 0.25) is 0 Å². The number of rotatable bonds is 4. The van der Waals surface area contributed by atoms with E-state index in [-0.39, 0.29) is 0 Å². The van der Waals surface area contributed by atoms with Crippen molar-refractivity contribution in [1.29, 1.82) is 0 Å². The summed E-state index contributed by atoms with van der Waals surface area (Å²) in [6.45, 7) is 0.0205. The van der Waals surface area contributed by atoms with Gasteiger partial charge in [-0.25, -0.2) is 4.39 Å². The summed E-state index contributed by atoms with van der Waals surface area (Å²) in [5.41, 5.74) is 0. The van der Waals surface area contributed by atoms with E-state index in [1.165, 1.54) is 0 Å². The lowest BCUT2D eigenvalue weighted by Crippen LogP contribution is -2.30. The van der Waals surface area contributed by atoms with Crippen molar-refractivity contribution in [3.63, 3.8) is 0 Å². The van der Waals surface area contributed by atoms with Gasteiger partial charge in [0.25, 0.3) is 0 Å². The number of terminal acetylenes is 1. The first-order valence-electron chi connectivity index (χ1n) is 3.06. The van der Waals surface area contributed by atoms with Crippen LogP contribution >= 0.6 is 0 Å². The minimum absolute atomic E-state index is 0.292. The van der Waals surface area contributed by atoms with Gasteiger partial charge in [-0.1, -0.05) is 5.92 Å². The lowest BCUT2D eigenvalue weighted by atomic mass is 10.3. The van der Waals surface area contributed by atoms with Crippen LogP contribution in [-0.2, 0) is 0 Å². The summed E-state index contributed by atoms with van der Waals surface area (Å²) >= 11 is 0. The van der Waals surface area contributed by atoms with Crippen LogP contribution in [0.1, 0.15) is 0 Å². The van der Waals surface area contributed by atoms with E-state index >= 15 is 0 Å². The van der Waals surface area contributed by atoms with Gasteiger partial charge in [0.05, 0.1) is 12.6 Å². The van der Waals surface area contributed by atoms with Gasteiger partial charge in [0.2, 0.25) is 0 Å². The predicted octanol–water partition coefficient (Wildman–Crippen LogP) is -0.118. The van der Waals surface area contributed by atoms with Gasteiger partial charge in [-0.05, 0) is 7.05 Å². The summed E-state index contributed by atoms with van der Waals surface area (Å²) < 4.78 is 11.7. The Morgan fingerprint density at radius 2 is 2.40 bits per heavy atom. The fourth-order valence-corrected chi connectivity index (χ4v) is 0.629. The molecule has 2 nitrogen and oxygen atoms in total. The quantitative estimate of drug-likeness (QED) is 0.557. The molecule has 0 aliphatic rings. The SMILES string of the molecule is C#CCN(C)CC(O)CF. The van der Waals surface area contributed by atoms with Crippen LogP contribution < -0.4 is 0 Å². The fourth-order valence-electron chi connectivity index (χ4n) is 0.629. The summed E-state index contributed by atoms with van der Waals surface area (Å²) in [5, 5.41) is 8.77. The minimum atomic E-state index is -0.904. The Morgan fingerprint density at radius 1 is 1.80 bits per heavy atom. The number of alkyl halides is 1. The zero-order chi connectivity index (χ0) is 7.98. The molecule has 58 valence electrons. The van der Waals surface area contributed by atoms with E-state index in [1.54, 1.807) is 11.9 Å². The molecule has 0 amide bonds. The molecule has 1 N–H and O–H groups in total. The van der Waals surface area contributed by atoms with Crippen LogP contribution in [0.5, 0.6) is 0 Å². The van der Waals surface area contributed by atoms with Crippen LogP contribution in [-0.4, -0.2) is 42.9 Å². The Bertz CT molecular complexity index is 121. The van der Waals surface area contributed by atoms with Crippen molar-refractivity contribution in [3.8, 4) is 12.3 Å². The lowest BCUT2D eigenvalue weighted by Gasteiger charge is -2.15. The number of aliphatic hydroxyl groups is 1. The van der Waals surface area contributed by atoms with E-state index in [9.17, 15) is 4.39 Å². The highest BCUT2D eigenvalue weighted by molar-refractivity contribution is 4.87. The van der Waals surface area contributed by atoms with Crippen LogP contribution in [0, 0.1) is 12.3 Å². The van der Waals surface area contributed by atoms with E-state index in [0.717, 1.165) is 0 Å². The Balaban J connectivity index is 3.38. The van der Waals surface area contributed by atoms with Gasteiger partial charge in [0, 0.05) is 6.54 Å². The van der Waals surface area contributed by atoms with Gasteiger partial charge in [0.15, 0.2) is 0 Å². The van der Waals surface area contributed by atoms with Gasteiger partial charge in [-0.15, -0.1) is 6.42 Å². The number of hydrogen-bond acceptors (Lipinski definition) is 2. The van der Waals surface area contributed by atoms with Crippen molar-refractivity contribution in [2.24, 2.45) is 0 Å². The fraction of sp³-hybridized carbons (Fsp3) is 0.714. The molecule has 10 heavy (non-hydrogen) atoms. The molecule has 0 saturated carbocycles. The van der Waals surface area contributed by atoms with Crippen LogP contribution in [0.25, 0.3) is 0 Å². The summed E-state index contributed by atoms with van der Waals surface area (Å²) in [5.74, 6) is 2.39. The Kier molecular flexibility index (Phi) is 4.91. The van der Waals surface area contributed by atoms with E-state index in [4.69, 9.17) is 11.5 Å². The maximum atomic E-state index is 11.7. The number of hydrogen-bond donors (Lipinski definition) is 1. The maximum absolute atomic E-state index is 11.7. The highest BCUT2D eigenvalue weighted by atomic mass is 19.1. The van der Waals surface area contributed by atoms with Crippen molar-refractivity contribution in [1.82, 2.24) is 4.90 Å². The van der Waals surface area contributed by atoms with Gasteiger partial charge in [0.1, 0.15) is 6.67 Å². The van der Waals surface area contributed by atoms with Gasteiger partial charge >= 0.3 is 0 Å². The summed E-state index contributed by atoms with van der Waals surface area (Å²) in [6, 6.07) is 0. The van der Waals surface area contributed by atoms with Crippen molar-refractivity contribution in [3.05, 3.63) is 0 Å². The van der Waals surface area contributed by atoms with E-state index in [1.807, 2.05) is 0 Å². The molecule has 0 rings (SSSR count). The second-order valence-corrected chi connectivity index (χ2v) is 2.21. The lowest BCUT2D eigenvalue weighted by molar-refractivity contribution is 0.105. The molecule has 3 heteroatoms. The molecule has 1 unspecified atom stereocenters. The van der Waals surface area contributed by atoms with Gasteiger partial charge in [-0.2, -0.15) is 0 Å². The molecular weight excluding hydrogens is 133 g/mol. The van der Waals surface area contributed by atoms with E-state index in [2.05, 4.69) is 5.92 Å². The Labute approximate surface area is 60.6 Å². The third-order valence-corrected chi connectivity index (χ3v) is 1.06. The molecule has 0 bridgehead atoms. The van der Waals surface area contributed by atoms with E-state index in [0.29, 0.717) is 13.1 Å². The predicted molar refractivity (Wildman–Crippen MR) is 38.3 cm³/mol. The molecule has 0 aromatic heterocycles. The van der Waals surface area contributed by atoms with Crippen LogP contribution in [0.15, 0.2) is 0 Å². The second-order valence-electron chi connectivity index (χ2n) is 2.21. The van der Waals surface area contributed by atoms with Crippen molar-refractivity contribution < 1.29 is 9.50 Å². The molecule has 0 aliphatic carbocycles. The molecule has 0 heterocycles. The summed E-state index contributed by atoms with van der Waals surface area (Å²) in [6.07, 6.45) is 4.08. The average molecular weight is 145 g/mol. The normalized spacial score (nSPS) is 13.1. The monoisotopic (exact) mass is 145 g/mol. The Morgan fingerprint density at radius 3 is 2.80 bits per heavy atom. The molecule has 0 aromatic rings. The van der Waals surface area contributed by atoms with Crippen molar-refractivity contribution in [2.75, 3.05) is 26.8 Å². The third-order valence-electron chi connectivity index (χ3n) is 1.06. The number of halogens is 1. The zero-order valence-corrected chi connectivity index (χ0v) is 6.05. The highest BCUT2D eigenvalue weighted by Gasteiger charge is 2.05. The van der Waals surface area contributed by atoms with Crippen LogP contribution in [0.4, 0.5) is 4.39 Å². The second kappa shape index (κ2) is 5.21. The first kappa shape index (κ1) is 9.41. The van der Waals surface area contributed by atoms with Crippen molar-refractivity contribution in [2.45, 2.75) is 6.10 Å². The number of aliphatic hydroxyl groups excluding tert-OH is 1. The molecule has 0 spiro atoms. The summed E-state index contributed by atoms with van der Waals surface area (Å²) in [7, 11) is 1.73. The Hall–Kier alpha value is -0.590. The number of likely N-dealkylation sites (N-methyl/N-ethyl adjacent to an activating group) is 1. The molecular formula is C7H12FNO. The topological polar surface area (TPSA) is 23.5 Å². The molecule has 0 radical (unpaired) electrons. The van der Waals surface area contributed by atoms with Gasteiger partial charge < -0.3 is 5.11 Å².